The topological polar surface area (TPSA) is 78.6 Å². The molecule has 3 heterocycles. The van der Waals surface area contributed by atoms with Crippen LogP contribution in [0, 0.1) is 5.41 Å². The molecule has 6 nitrogen and oxygen atoms in total. The lowest BCUT2D eigenvalue weighted by Gasteiger charge is -2.48. The van der Waals surface area contributed by atoms with Gasteiger partial charge >= 0.3 is 5.97 Å². The van der Waals surface area contributed by atoms with Gasteiger partial charge in [0.25, 0.3) is 0 Å². The van der Waals surface area contributed by atoms with Crippen LogP contribution < -0.4 is 5.32 Å². The Balaban J connectivity index is 1.48. The average molecular weight is 341 g/mol. The van der Waals surface area contributed by atoms with E-state index in [2.05, 4.69) is 15.2 Å². The zero-order valence-corrected chi connectivity index (χ0v) is 14.1. The molecule has 0 saturated carbocycles. The Bertz CT molecular complexity index is 745. The fraction of sp³-hybridized carbons (Fsp3) is 0.474. The number of piperidine rings is 2. The molecule has 0 aliphatic carbocycles. The summed E-state index contributed by atoms with van der Waals surface area (Å²) >= 11 is 0. The van der Waals surface area contributed by atoms with Crippen LogP contribution in [0.1, 0.15) is 25.0 Å². The maximum atomic E-state index is 12.0. The first kappa shape index (κ1) is 16.3. The molecular weight excluding hydrogens is 318 g/mol. The highest BCUT2D eigenvalue weighted by Gasteiger charge is 2.50. The molecule has 1 aromatic carbocycles. The number of nitrogens with one attached hydrogen (secondary N) is 1. The molecule has 2 N–H and O–H groups in total. The number of carboxylic acid groups (broad SMARTS) is 1. The van der Waals surface area contributed by atoms with Crippen LogP contribution in [0.15, 0.2) is 41.0 Å². The number of nitrogens with zero attached hydrogens (tertiary/aromatic N) is 2. The van der Waals surface area contributed by atoms with Gasteiger partial charge in [0.15, 0.2) is 0 Å². The van der Waals surface area contributed by atoms with Crippen molar-refractivity contribution in [3.8, 4) is 11.5 Å². The van der Waals surface area contributed by atoms with E-state index >= 15 is 0 Å². The molecule has 2 aliphatic rings. The number of fused-ring (bicyclic) bond motifs is 1. The van der Waals surface area contributed by atoms with E-state index in [1.54, 1.807) is 6.26 Å². The van der Waals surface area contributed by atoms with Gasteiger partial charge in [-0.3, -0.25) is 9.69 Å². The van der Waals surface area contributed by atoms with Crippen LogP contribution >= 0.6 is 0 Å². The maximum absolute atomic E-state index is 12.0. The molecule has 0 amide bonds. The quantitative estimate of drug-likeness (QED) is 0.889. The first-order chi connectivity index (χ1) is 12.2. The number of carbonyl (C=O) groups is 1. The van der Waals surface area contributed by atoms with E-state index < -0.39 is 11.4 Å². The van der Waals surface area contributed by atoms with Crippen LogP contribution in [0.5, 0.6) is 0 Å². The van der Waals surface area contributed by atoms with Gasteiger partial charge in [-0.05, 0) is 37.9 Å². The molecule has 25 heavy (non-hydrogen) atoms. The Hall–Kier alpha value is -2.18. The second-order valence-corrected chi connectivity index (χ2v) is 7.08. The monoisotopic (exact) mass is 341 g/mol. The number of aliphatic carboxylic acids is 1. The highest BCUT2D eigenvalue weighted by molar-refractivity contribution is 5.76. The zero-order valence-electron chi connectivity index (χ0n) is 14.1. The first-order valence-electron chi connectivity index (χ1n) is 8.86. The van der Waals surface area contributed by atoms with Crippen molar-refractivity contribution >= 4 is 5.97 Å². The molecule has 0 unspecified atom stereocenters. The zero-order chi connectivity index (χ0) is 17.3. The summed E-state index contributed by atoms with van der Waals surface area (Å²) in [5, 5.41) is 13.3. The minimum Gasteiger partial charge on any atom is -0.481 e. The lowest BCUT2D eigenvalue weighted by Crippen LogP contribution is -2.62. The van der Waals surface area contributed by atoms with Crippen molar-refractivity contribution in [1.82, 2.24) is 15.2 Å². The second-order valence-electron chi connectivity index (χ2n) is 7.08. The van der Waals surface area contributed by atoms with E-state index in [0.717, 1.165) is 43.6 Å². The Kier molecular flexibility index (Phi) is 4.31. The standard InChI is InChI=1S/C19H23N3O3/c23-18(24)19-8-4-9-20-16(19)7-10-22(13-19)11-15-12-25-17(21-15)14-5-2-1-3-6-14/h1-3,5-6,12,16,20H,4,7-11,13H2,(H,23,24)/t16-,19+/m1/s1. The van der Waals surface area contributed by atoms with E-state index in [4.69, 9.17) is 4.42 Å². The molecule has 4 rings (SSSR count). The minimum absolute atomic E-state index is 0.0761. The highest BCUT2D eigenvalue weighted by Crippen LogP contribution is 2.38. The summed E-state index contributed by atoms with van der Waals surface area (Å²) in [5.41, 5.74) is 1.12. The Morgan fingerprint density at radius 2 is 2.24 bits per heavy atom. The number of aromatic nitrogens is 1. The molecule has 2 aromatic rings. The third-order valence-corrected chi connectivity index (χ3v) is 5.48. The second kappa shape index (κ2) is 6.61. The minimum atomic E-state index is -0.681. The first-order valence-corrected chi connectivity index (χ1v) is 8.86. The van der Waals surface area contributed by atoms with Crippen molar-refractivity contribution in [1.29, 1.82) is 0 Å². The van der Waals surface area contributed by atoms with Crippen LogP contribution in [0.2, 0.25) is 0 Å². The molecular formula is C19H23N3O3. The number of oxazole rings is 1. The molecule has 0 radical (unpaired) electrons. The van der Waals surface area contributed by atoms with Crippen molar-refractivity contribution in [3.63, 3.8) is 0 Å². The molecule has 132 valence electrons. The number of hydrogen-bond donors (Lipinski definition) is 2. The van der Waals surface area contributed by atoms with Crippen molar-refractivity contribution in [3.05, 3.63) is 42.3 Å². The summed E-state index contributed by atoms with van der Waals surface area (Å²) in [6.45, 7) is 2.98. The van der Waals surface area contributed by atoms with E-state index in [1.807, 2.05) is 30.3 Å². The van der Waals surface area contributed by atoms with Gasteiger partial charge in [0.05, 0.1) is 11.1 Å². The number of carboxylic acids is 1. The Morgan fingerprint density at radius 3 is 3.04 bits per heavy atom. The number of rotatable bonds is 4. The predicted octanol–water partition coefficient (Wildman–Crippen LogP) is 2.37. The molecule has 2 atom stereocenters. The number of hydrogen-bond acceptors (Lipinski definition) is 5. The van der Waals surface area contributed by atoms with Gasteiger partial charge in [-0.15, -0.1) is 0 Å². The van der Waals surface area contributed by atoms with Gasteiger partial charge in [-0.2, -0.15) is 0 Å². The van der Waals surface area contributed by atoms with E-state index in [1.165, 1.54) is 0 Å². The molecule has 6 heteroatoms. The summed E-state index contributed by atoms with van der Waals surface area (Å²) in [4.78, 5) is 18.8. The van der Waals surface area contributed by atoms with Crippen LogP contribution in [0.25, 0.3) is 11.5 Å². The summed E-state index contributed by atoms with van der Waals surface area (Å²) in [7, 11) is 0. The Labute approximate surface area is 146 Å². The molecule has 0 bridgehead atoms. The fourth-order valence-electron chi connectivity index (χ4n) is 4.19. The predicted molar refractivity (Wildman–Crippen MR) is 92.9 cm³/mol. The highest BCUT2D eigenvalue weighted by atomic mass is 16.4. The van der Waals surface area contributed by atoms with Gasteiger partial charge in [0, 0.05) is 31.2 Å². The van der Waals surface area contributed by atoms with Crippen molar-refractivity contribution in [2.75, 3.05) is 19.6 Å². The lowest BCUT2D eigenvalue weighted by molar-refractivity contribution is -0.157. The van der Waals surface area contributed by atoms with Crippen LogP contribution in [0.3, 0.4) is 0 Å². The van der Waals surface area contributed by atoms with Gasteiger partial charge < -0.3 is 14.8 Å². The largest absolute Gasteiger partial charge is 0.481 e. The number of benzene rings is 1. The summed E-state index contributed by atoms with van der Waals surface area (Å²) in [6, 6.07) is 9.88. The molecule has 1 aromatic heterocycles. The molecule has 0 spiro atoms. The molecule has 2 aliphatic heterocycles. The van der Waals surface area contributed by atoms with E-state index in [-0.39, 0.29) is 6.04 Å². The van der Waals surface area contributed by atoms with Crippen molar-refractivity contribution in [2.45, 2.75) is 31.8 Å². The SMILES string of the molecule is O=C(O)[C@]12CCCN[C@@H]1CCN(Cc1coc(-c3ccccc3)n1)C2. The Morgan fingerprint density at radius 1 is 1.40 bits per heavy atom. The van der Waals surface area contributed by atoms with Gasteiger partial charge in [-0.25, -0.2) is 4.98 Å². The summed E-state index contributed by atoms with van der Waals surface area (Å²) in [6.07, 6.45) is 4.19. The normalized spacial score (nSPS) is 27.0. The average Bonchev–Trinajstić information content (AvgIpc) is 3.10. The van der Waals surface area contributed by atoms with Crippen LogP contribution in [-0.4, -0.2) is 46.6 Å². The fourth-order valence-corrected chi connectivity index (χ4v) is 4.19. The summed E-state index contributed by atoms with van der Waals surface area (Å²) < 4.78 is 5.61. The molecule has 2 saturated heterocycles. The van der Waals surface area contributed by atoms with Gasteiger partial charge in [0.2, 0.25) is 5.89 Å². The van der Waals surface area contributed by atoms with Gasteiger partial charge in [0.1, 0.15) is 6.26 Å². The van der Waals surface area contributed by atoms with Crippen molar-refractivity contribution in [2.24, 2.45) is 5.41 Å². The van der Waals surface area contributed by atoms with Gasteiger partial charge in [-0.1, -0.05) is 18.2 Å². The lowest BCUT2D eigenvalue weighted by atomic mass is 9.70. The van der Waals surface area contributed by atoms with Crippen LogP contribution in [0.4, 0.5) is 0 Å². The van der Waals surface area contributed by atoms with Crippen molar-refractivity contribution < 1.29 is 14.3 Å². The third kappa shape index (κ3) is 3.07. The summed E-state index contributed by atoms with van der Waals surface area (Å²) in [5.74, 6) is -0.0719. The maximum Gasteiger partial charge on any atom is 0.312 e. The number of likely N-dealkylation sites (tertiary alicyclic amines) is 1. The third-order valence-electron chi connectivity index (χ3n) is 5.48. The van der Waals surface area contributed by atoms with E-state index in [0.29, 0.717) is 19.0 Å². The van der Waals surface area contributed by atoms with E-state index in [9.17, 15) is 9.90 Å². The molecule has 2 fully saturated rings. The van der Waals surface area contributed by atoms with Crippen LogP contribution in [-0.2, 0) is 11.3 Å². The smallest absolute Gasteiger partial charge is 0.312 e.